The van der Waals surface area contributed by atoms with Crippen molar-refractivity contribution in [2.45, 2.75) is 25.4 Å². The molecule has 2 rings (SSSR count). The number of rotatable bonds is 4. The third kappa shape index (κ3) is 4.02. The van der Waals surface area contributed by atoms with Gasteiger partial charge in [0.25, 0.3) is 0 Å². The summed E-state index contributed by atoms with van der Waals surface area (Å²) >= 11 is 0. The summed E-state index contributed by atoms with van der Waals surface area (Å²) < 4.78 is 0. The fourth-order valence-corrected chi connectivity index (χ4v) is 2.27. The zero-order valence-electron chi connectivity index (χ0n) is 10.9. The molecule has 1 aromatic carbocycles. The molecule has 0 aliphatic carbocycles. The molecule has 0 bridgehead atoms. The van der Waals surface area contributed by atoms with E-state index in [4.69, 9.17) is 0 Å². The van der Waals surface area contributed by atoms with Crippen LogP contribution in [0.4, 0.5) is 5.69 Å². The molecule has 0 spiro atoms. The Bertz CT molecular complexity index is 326. The highest BCUT2D eigenvalue weighted by atomic mass is 15.0. The SMILES string of the molecule is CN(C)Cc1ccc(NC2CCNCC2)cc1. The van der Waals surface area contributed by atoms with Gasteiger partial charge in [-0.25, -0.2) is 0 Å². The first-order valence-corrected chi connectivity index (χ1v) is 6.45. The number of benzene rings is 1. The third-order valence-corrected chi connectivity index (χ3v) is 3.16. The van der Waals surface area contributed by atoms with Gasteiger partial charge in [0.15, 0.2) is 0 Å². The van der Waals surface area contributed by atoms with Crippen LogP contribution in [0.2, 0.25) is 0 Å². The maximum Gasteiger partial charge on any atom is 0.0342 e. The predicted octanol–water partition coefficient (Wildman–Crippen LogP) is 1.91. The highest BCUT2D eigenvalue weighted by Crippen LogP contribution is 2.15. The molecule has 0 radical (unpaired) electrons. The topological polar surface area (TPSA) is 27.3 Å². The lowest BCUT2D eigenvalue weighted by Crippen LogP contribution is -2.35. The summed E-state index contributed by atoms with van der Waals surface area (Å²) in [5.74, 6) is 0. The monoisotopic (exact) mass is 233 g/mol. The van der Waals surface area contributed by atoms with Crippen molar-refractivity contribution in [3.63, 3.8) is 0 Å². The number of nitrogens with zero attached hydrogens (tertiary/aromatic N) is 1. The van der Waals surface area contributed by atoms with Crippen molar-refractivity contribution in [1.29, 1.82) is 0 Å². The van der Waals surface area contributed by atoms with Crippen LogP contribution >= 0.6 is 0 Å². The predicted molar refractivity (Wildman–Crippen MR) is 73.3 cm³/mol. The molecular weight excluding hydrogens is 210 g/mol. The fourth-order valence-electron chi connectivity index (χ4n) is 2.27. The second-order valence-corrected chi connectivity index (χ2v) is 5.10. The van der Waals surface area contributed by atoms with Crippen molar-refractivity contribution < 1.29 is 0 Å². The van der Waals surface area contributed by atoms with Gasteiger partial charge in [-0.1, -0.05) is 12.1 Å². The Balaban J connectivity index is 1.88. The number of anilines is 1. The molecule has 94 valence electrons. The van der Waals surface area contributed by atoms with E-state index in [2.05, 4.69) is 53.9 Å². The first kappa shape index (κ1) is 12.4. The smallest absolute Gasteiger partial charge is 0.0342 e. The molecule has 3 heteroatoms. The van der Waals surface area contributed by atoms with E-state index in [1.54, 1.807) is 0 Å². The van der Waals surface area contributed by atoms with Crippen LogP contribution < -0.4 is 10.6 Å². The lowest BCUT2D eigenvalue weighted by atomic mass is 10.1. The van der Waals surface area contributed by atoms with Gasteiger partial charge >= 0.3 is 0 Å². The first-order valence-electron chi connectivity index (χ1n) is 6.45. The number of piperidine rings is 1. The van der Waals surface area contributed by atoms with Crippen molar-refractivity contribution in [2.75, 3.05) is 32.5 Å². The molecular formula is C14H23N3. The number of hydrogen-bond acceptors (Lipinski definition) is 3. The van der Waals surface area contributed by atoms with Crippen molar-refractivity contribution in [1.82, 2.24) is 10.2 Å². The number of nitrogens with one attached hydrogen (secondary N) is 2. The summed E-state index contributed by atoms with van der Waals surface area (Å²) in [6.07, 6.45) is 2.44. The van der Waals surface area contributed by atoms with E-state index < -0.39 is 0 Å². The molecule has 0 saturated carbocycles. The van der Waals surface area contributed by atoms with Gasteiger partial charge in [0.05, 0.1) is 0 Å². The average Bonchev–Trinajstić information content (AvgIpc) is 2.32. The minimum atomic E-state index is 0.635. The van der Waals surface area contributed by atoms with Crippen molar-refractivity contribution in [3.8, 4) is 0 Å². The highest BCUT2D eigenvalue weighted by Gasteiger charge is 2.11. The molecule has 0 atom stereocenters. The van der Waals surface area contributed by atoms with Gasteiger partial charge in [-0.3, -0.25) is 0 Å². The van der Waals surface area contributed by atoms with Crippen molar-refractivity contribution in [3.05, 3.63) is 29.8 Å². The van der Waals surface area contributed by atoms with Crippen LogP contribution in [-0.4, -0.2) is 38.1 Å². The van der Waals surface area contributed by atoms with Crippen LogP contribution in [0.3, 0.4) is 0 Å². The molecule has 0 unspecified atom stereocenters. The third-order valence-electron chi connectivity index (χ3n) is 3.16. The highest BCUT2D eigenvalue weighted by molar-refractivity contribution is 5.45. The van der Waals surface area contributed by atoms with Crippen molar-refractivity contribution >= 4 is 5.69 Å². The van der Waals surface area contributed by atoms with E-state index in [0.717, 1.165) is 19.6 Å². The zero-order chi connectivity index (χ0) is 12.1. The molecule has 0 amide bonds. The summed E-state index contributed by atoms with van der Waals surface area (Å²) in [6.45, 7) is 3.28. The summed E-state index contributed by atoms with van der Waals surface area (Å²) in [6, 6.07) is 9.45. The van der Waals surface area contributed by atoms with Gasteiger partial charge in [0, 0.05) is 18.3 Å². The number of hydrogen-bond donors (Lipinski definition) is 2. The Morgan fingerprint density at radius 2 is 1.82 bits per heavy atom. The first-order chi connectivity index (χ1) is 8.24. The lowest BCUT2D eigenvalue weighted by Gasteiger charge is -2.24. The van der Waals surface area contributed by atoms with Crippen LogP contribution in [0.25, 0.3) is 0 Å². The Labute approximate surface area is 104 Å². The molecule has 1 aliphatic heterocycles. The molecule has 1 heterocycles. The molecule has 1 aromatic rings. The van der Waals surface area contributed by atoms with E-state index in [1.807, 2.05) is 0 Å². The Kier molecular flexibility index (Phi) is 4.40. The molecule has 1 fully saturated rings. The van der Waals surface area contributed by atoms with E-state index in [-0.39, 0.29) is 0 Å². The van der Waals surface area contributed by atoms with Gasteiger partial charge in [0.1, 0.15) is 0 Å². The largest absolute Gasteiger partial charge is 0.382 e. The Hall–Kier alpha value is -1.06. The van der Waals surface area contributed by atoms with Gasteiger partial charge in [0.2, 0.25) is 0 Å². The second-order valence-electron chi connectivity index (χ2n) is 5.10. The van der Waals surface area contributed by atoms with E-state index in [1.165, 1.54) is 24.1 Å². The molecule has 0 aromatic heterocycles. The van der Waals surface area contributed by atoms with E-state index >= 15 is 0 Å². The van der Waals surface area contributed by atoms with Crippen molar-refractivity contribution in [2.24, 2.45) is 0 Å². The average molecular weight is 233 g/mol. The quantitative estimate of drug-likeness (QED) is 0.832. The minimum absolute atomic E-state index is 0.635. The van der Waals surface area contributed by atoms with Crippen LogP contribution in [0.1, 0.15) is 18.4 Å². The standard InChI is InChI=1S/C14H23N3/c1-17(2)11-12-3-5-13(6-4-12)16-14-7-9-15-10-8-14/h3-6,14-16H,7-11H2,1-2H3. The molecule has 1 aliphatic rings. The maximum absolute atomic E-state index is 3.61. The van der Waals surface area contributed by atoms with Crippen LogP contribution in [0.15, 0.2) is 24.3 Å². The Morgan fingerprint density at radius 3 is 2.41 bits per heavy atom. The summed E-state index contributed by atoms with van der Waals surface area (Å²) in [5, 5.41) is 6.99. The minimum Gasteiger partial charge on any atom is -0.382 e. The van der Waals surface area contributed by atoms with Crippen LogP contribution in [-0.2, 0) is 6.54 Å². The maximum atomic E-state index is 3.61. The fraction of sp³-hybridized carbons (Fsp3) is 0.571. The van der Waals surface area contributed by atoms with Crippen LogP contribution in [0.5, 0.6) is 0 Å². The van der Waals surface area contributed by atoms with Gasteiger partial charge in [-0.05, 0) is 57.7 Å². The molecule has 2 N–H and O–H groups in total. The summed E-state index contributed by atoms with van der Waals surface area (Å²) in [7, 11) is 4.20. The zero-order valence-corrected chi connectivity index (χ0v) is 10.9. The van der Waals surface area contributed by atoms with E-state index in [9.17, 15) is 0 Å². The normalized spacial score (nSPS) is 17.4. The van der Waals surface area contributed by atoms with Gasteiger partial charge in [-0.15, -0.1) is 0 Å². The second kappa shape index (κ2) is 6.03. The molecule has 17 heavy (non-hydrogen) atoms. The molecule has 3 nitrogen and oxygen atoms in total. The van der Waals surface area contributed by atoms with E-state index in [0.29, 0.717) is 6.04 Å². The summed E-state index contributed by atoms with van der Waals surface area (Å²) in [4.78, 5) is 2.19. The Morgan fingerprint density at radius 1 is 1.18 bits per heavy atom. The summed E-state index contributed by atoms with van der Waals surface area (Å²) in [5.41, 5.74) is 2.62. The van der Waals surface area contributed by atoms with Gasteiger partial charge < -0.3 is 15.5 Å². The molecule has 1 saturated heterocycles. The van der Waals surface area contributed by atoms with Crippen LogP contribution in [0, 0.1) is 0 Å². The van der Waals surface area contributed by atoms with Gasteiger partial charge in [-0.2, -0.15) is 0 Å². The lowest BCUT2D eigenvalue weighted by molar-refractivity contribution is 0.402.